The Hall–Kier alpha value is -3.45. The molecule has 0 saturated carbocycles. The van der Waals surface area contributed by atoms with Crippen molar-refractivity contribution in [2.75, 3.05) is 0 Å². The van der Waals surface area contributed by atoms with Crippen molar-refractivity contribution in [1.29, 1.82) is 0 Å². The van der Waals surface area contributed by atoms with Crippen LogP contribution < -0.4 is 0 Å². The molecule has 2 rings (SSSR count). The van der Waals surface area contributed by atoms with Crippen molar-refractivity contribution >= 4 is 11.9 Å². The largest absolute Gasteiger partial charge is 0.256 e. The first-order valence-corrected chi connectivity index (χ1v) is 9.29. The van der Waals surface area contributed by atoms with Crippen LogP contribution in [0.25, 0.3) is 5.70 Å². The van der Waals surface area contributed by atoms with E-state index in [2.05, 4.69) is 61.1 Å². The van der Waals surface area contributed by atoms with E-state index in [1.165, 1.54) is 5.56 Å². The van der Waals surface area contributed by atoms with Crippen molar-refractivity contribution in [2.45, 2.75) is 13.3 Å². The van der Waals surface area contributed by atoms with Crippen LogP contribution >= 0.6 is 0 Å². The Morgan fingerprint density at radius 1 is 0.964 bits per heavy atom. The molecule has 0 spiro atoms. The van der Waals surface area contributed by atoms with Crippen LogP contribution in [0, 0.1) is 0 Å². The minimum Gasteiger partial charge on any atom is -0.256 e. The van der Waals surface area contributed by atoms with Crippen molar-refractivity contribution in [3.05, 3.63) is 139 Å². The number of allylic oxidation sites excluding steroid dienone is 8. The van der Waals surface area contributed by atoms with Gasteiger partial charge >= 0.3 is 0 Å². The third-order valence-corrected chi connectivity index (χ3v) is 4.22. The minimum absolute atomic E-state index is 0.739. The summed E-state index contributed by atoms with van der Waals surface area (Å²) in [5.41, 5.74) is 6.05. The van der Waals surface area contributed by atoms with E-state index in [0.29, 0.717) is 0 Å². The smallest absolute Gasteiger partial charge is 0.0630 e. The molecule has 28 heavy (non-hydrogen) atoms. The monoisotopic (exact) mass is 365 g/mol. The summed E-state index contributed by atoms with van der Waals surface area (Å²) in [5, 5.41) is 0. The molecule has 0 atom stereocenters. The predicted molar refractivity (Wildman–Crippen MR) is 124 cm³/mol. The molecule has 0 N–H and O–H groups in total. The highest BCUT2D eigenvalue weighted by Crippen LogP contribution is 2.15. The Kier molecular flexibility index (Phi) is 8.42. The van der Waals surface area contributed by atoms with Gasteiger partial charge in [-0.2, -0.15) is 0 Å². The van der Waals surface area contributed by atoms with Gasteiger partial charge in [0.15, 0.2) is 0 Å². The first-order chi connectivity index (χ1) is 13.6. The topological polar surface area (TPSA) is 12.4 Å². The minimum atomic E-state index is 0.739. The zero-order valence-electron chi connectivity index (χ0n) is 16.5. The Labute approximate surface area is 169 Å². The number of aliphatic imine (C=N–C) groups is 1. The van der Waals surface area contributed by atoms with Gasteiger partial charge in [0.2, 0.25) is 0 Å². The summed E-state index contributed by atoms with van der Waals surface area (Å²) < 4.78 is 0. The molecule has 0 saturated heterocycles. The van der Waals surface area contributed by atoms with Gasteiger partial charge in [-0.1, -0.05) is 111 Å². The van der Waals surface area contributed by atoms with Crippen molar-refractivity contribution in [3.63, 3.8) is 0 Å². The lowest BCUT2D eigenvalue weighted by Gasteiger charge is -2.04. The van der Waals surface area contributed by atoms with Gasteiger partial charge in [-0.3, -0.25) is 4.99 Å². The summed E-state index contributed by atoms with van der Waals surface area (Å²) in [6.07, 6.45) is 12.6. The Bertz CT molecular complexity index is 923. The van der Waals surface area contributed by atoms with E-state index in [-0.39, 0.29) is 0 Å². The summed E-state index contributed by atoms with van der Waals surface area (Å²) in [6.45, 7) is 14.0. The molecule has 140 valence electrons. The standard InChI is InChI=1S/C27H27N/c1-5-6-13-22(2)23(3)20-26(19-18-25-14-9-7-10-15-25)21-28-24(4)27-16-11-8-12-17-27/h5-17,19-21H,1-2,4,18H2,3H3/b13-6-,23-20+,26-19+,28-21?. The second kappa shape index (κ2) is 11.3. The molecular formula is C27H27N. The number of benzene rings is 2. The first-order valence-electron chi connectivity index (χ1n) is 9.29. The zero-order chi connectivity index (χ0) is 20.2. The van der Waals surface area contributed by atoms with Gasteiger partial charge in [0.25, 0.3) is 0 Å². The average molecular weight is 366 g/mol. The molecule has 0 radical (unpaired) electrons. The quantitative estimate of drug-likeness (QED) is 0.331. The van der Waals surface area contributed by atoms with Crippen LogP contribution in [0.2, 0.25) is 0 Å². The Balaban J connectivity index is 2.26. The maximum atomic E-state index is 4.59. The fourth-order valence-electron chi connectivity index (χ4n) is 2.51. The van der Waals surface area contributed by atoms with E-state index in [1.807, 2.05) is 61.7 Å². The molecule has 0 fully saturated rings. The van der Waals surface area contributed by atoms with Gasteiger partial charge in [-0.25, -0.2) is 0 Å². The molecule has 0 bridgehead atoms. The van der Waals surface area contributed by atoms with Crippen LogP contribution in [-0.2, 0) is 6.42 Å². The summed E-state index contributed by atoms with van der Waals surface area (Å²) >= 11 is 0. The van der Waals surface area contributed by atoms with Crippen LogP contribution in [0.4, 0.5) is 0 Å². The molecule has 2 aromatic rings. The number of nitrogens with zero attached hydrogens (tertiary/aromatic N) is 1. The van der Waals surface area contributed by atoms with Crippen LogP contribution in [0.5, 0.6) is 0 Å². The molecule has 0 unspecified atom stereocenters. The van der Waals surface area contributed by atoms with Crippen molar-refractivity contribution < 1.29 is 0 Å². The summed E-state index contributed by atoms with van der Waals surface area (Å²) in [5.74, 6) is 0. The molecule has 0 amide bonds. The van der Waals surface area contributed by atoms with Gasteiger partial charge in [0, 0.05) is 6.21 Å². The van der Waals surface area contributed by atoms with Crippen molar-refractivity contribution in [1.82, 2.24) is 0 Å². The fraction of sp³-hybridized carbons (Fsp3) is 0.0741. The SMILES string of the molecule is C=C/C=C\C(=C)/C(C)=C/C(C=NC(=C)c1ccccc1)=C\Cc1ccccc1. The predicted octanol–water partition coefficient (Wildman–Crippen LogP) is 7.14. The van der Waals surface area contributed by atoms with Gasteiger partial charge in [-0.05, 0) is 41.2 Å². The lowest BCUT2D eigenvalue weighted by molar-refractivity contribution is 1.26. The van der Waals surface area contributed by atoms with E-state index in [1.54, 1.807) is 6.08 Å². The fourth-order valence-corrected chi connectivity index (χ4v) is 2.51. The second-order valence-corrected chi connectivity index (χ2v) is 6.41. The molecule has 2 aromatic carbocycles. The van der Waals surface area contributed by atoms with Gasteiger partial charge in [0.05, 0.1) is 5.70 Å². The van der Waals surface area contributed by atoms with Crippen molar-refractivity contribution in [3.8, 4) is 0 Å². The van der Waals surface area contributed by atoms with Gasteiger partial charge in [0.1, 0.15) is 0 Å². The third kappa shape index (κ3) is 7.05. The maximum absolute atomic E-state index is 4.59. The average Bonchev–Trinajstić information content (AvgIpc) is 2.74. The molecule has 0 aliphatic rings. The Morgan fingerprint density at radius 2 is 1.61 bits per heavy atom. The zero-order valence-corrected chi connectivity index (χ0v) is 16.5. The number of hydrogen-bond donors (Lipinski definition) is 0. The van der Waals surface area contributed by atoms with E-state index in [4.69, 9.17) is 0 Å². The highest BCUT2D eigenvalue weighted by Gasteiger charge is 1.98. The van der Waals surface area contributed by atoms with Crippen LogP contribution in [0.15, 0.2) is 132 Å². The molecule has 1 heteroatoms. The Morgan fingerprint density at radius 3 is 2.25 bits per heavy atom. The van der Waals surface area contributed by atoms with E-state index < -0.39 is 0 Å². The number of rotatable bonds is 9. The van der Waals surface area contributed by atoms with Crippen LogP contribution in [0.3, 0.4) is 0 Å². The summed E-state index contributed by atoms with van der Waals surface area (Å²) in [4.78, 5) is 4.59. The molecule has 1 nitrogen and oxygen atoms in total. The van der Waals surface area contributed by atoms with E-state index >= 15 is 0 Å². The highest BCUT2D eigenvalue weighted by atomic mass is 14.7. The van der Waals surface area contributed by atoms with Crippen LogP contribution in [-0.4, -0.2) is 6.21 Å². The lowest BCUT2D eigenvalue weighted by atomic mass is 10.0. The molecule has 0 aromatic heterocycles. The molecular weight excluding hydrogens is 338 g/mol. The number of hydrogen-bond acceptors (Lipinski definition) is 1. The summed E-state index contributed by atoms with van der Waals surface area (Å²) in [7, 11) is 0. The first kappa shape index (κ1) is 20.9. The highest BCUT2D eigenvalue weighted by molar-refractivity contribution is 5.87. The summed E-state index contributed by atoms with van der Waals surface area (Å²) in [6, 6.07) is 20.4. The van der Waals surface area contributed by atoms with Gasteiger partial charge < -0.3 is 0 Å². The van der Waals surface area contributed by atoms with E-state index in [9.17, 15) is 0 Å². The second-order valence-electron chi connectivity index (χ2n) is 6.41. The molecule has 0 heterocycles. The van der Waals surface area contributed by atoms with Crippen LogP contribution in [0.1, 0.15) is 18.1 Å². The normalized spacial score (nSPS) is 12.5. The lowest BCUT2D eigenvalue weighted by Crippen LogP contribution is -1.89. The van der Waals surface area contributed by atoms with Gasteiger partial charge in [-0.15, -0.1) is 0 Å². The molecule has 0 aliphatic heterocycles. The third-order valence-electron chi connectivity index (χ3n) is 4.22. The molecule has 0 aliphatic carbocycles. The van der Waals surface area contributed by atoms with E-state index in [0.717, 1.165) is 34.4 Å². The van der Waals surface area contributed by atoms with Crippen molar-refractivity contribution in [2.24, 2.45) is 4.99 Å². The maximum Gasteiger partial charge on any atom is 0.0630 e.